The minimum atomic E-state index is -0.276. The first-order valence-corrected chi connectivity index (χ1v) is 8.34. The molecule has 0 aliphatic carbocycles. The highest BCUT2D eigenvalue weighted by atomic mass is 32.1. The Labute approximate surface area is 143 Å². The predicted molar refractivity (Wildman–Crippen MR) is 94.4 cm³/mol. The Morgan fingerprint density at radius 2 is 2.38 bits per heavy atom. The molecule has 0 aliphatic heterocycles. The SMILES string of the molecule is CCOC(=O)Cc1csc(NN=Cc2ccc3cn(C)nc3c2)n1. The van der Waals surface area contributed by atoms with Crippen LogP contribution in [0.15, 0.2) is 34.9 Å². The fourth-order valence-electron chi connectivity index (χ4n) is 2.20. The normalized spacial score (nSPS) is 11.2. The summed E-state index contributed by atoms with van der Waals surface area (Å²) in [6.07, 6.45) is 3.85. The summed E-state index contributed by atoms with van der Waals surface area (Å²) in [5, 5.41) is 12.1. The van der Waals surface area contributed by atoms with E-state index in [1.807, 2.05) is 36.8 Å². The van der Waals surface area contributed by atoms with E-state index in [1.54, 1.807) is 17.8 Å². The summed E-state index contributed by atoms with van der Waals surface area (Å²) >= 11 is 1.39. The molecule has 1 N–H and O–H groups in total. The molecule has 2 heterocycles. The number of rotatable bonds is 6. The molecular weight excluding hydrogens is 326 g/mol. The molecular formula is C16H17N5O2S. The zero-order chi connectivity index (χ0) is 16.9. The molecule has 0 aliphatic rings. The lowest BCUT2D eigenvalue weighted by Crippen LogP contribution is -2.07. The lowest BCUT2D eigenvalue weighted by atomic mass is 10.2. The number of hydrogen-bond acceptors (Lipinski definition) is 7. The van der Waals surface area contributed by atoms with Crippen molar-refractivity contribution >= 4 is 39.6 Å². The second-order valence-corrected chi connectivity index (χ2v) is 5.97. The number of carbonyl (C=O) groups excluding carboxylic acids is 1. The van der Waals surface area contributed by atoms with E-state index in [9.17, 15) is 4.79 Å². The lowest BCUT2D eigenvalue weighted by molar-refractivity contribution is -0.142. The molecule has 0 amide bonds. The highest BCUT2D eigenvalue weighted by Gasteiger charge is 2.07. The van der Waals surface area contributed by atoms with Crippen molar-refractivity contribution in [2.24, 2.45) is 12.1 Å². The summed E-state index contributed by atoms with van der Waals surface area (Å²) in [5.41, 5.74) is 5.41. The number of nitrogens with one attached hydrogen (secondary N) is 1. The van der Waals surface area contributed by atoms with Crippen LogP contribution in [0, 0.1) is 0 Å². The maximum Gasteiger partial charge on any atom is 0.311 e. The molecule has 0 radical (unpaired) electrons. The van der Waals surface area contributed by atoms with E-state index in [4.69, 9.17) is 4.74 Å². The zero-order valence-corrected chi connectivity index (χ0v) is 14.2. The molecule has 3 rings (SSSR count). The van der Waals surface area contributed by atoms with E-state index < -0.39 is 0 Å². The van der Waals surface area contributed by atoms with Gasteiger partial charge in [-0.15, -0.1) is 11.3 Å². The van der Waals surface area contributed by atoms with Crippen LogP contribution < -0.4 is 5.43 Å². The minimum Gasteiger partial charge on any atom is -0.466 e. The maximum absolute atomic E-state index is 11.4. The fourth-order valence-corrected chi connectivity index (χ4v) is 2.86. The topological polar surface area (TPSA) is 81.4 Å². The molecule has 0 fully saturated rings. The zero-order valence-electron chi connectivity index (χ0n) is 13.4. The van der Waals surface area contributed by atoms with Crippen LogP contribution >= 0.6 is 11.3 Å². The first-order valence-electron chi connectivity index (χ1n) is 7.46. The Balaban J connectivity index is 1.61. The van der Waals surface area contributed by atoms with Gasteiger partial charge >= 0.3 is 5.97 Å². The first kappa shape index (κ1) is 16.1. The van der Waals surface area contributed by atoms with Gasteiger partial charge in [-0.25, -0.2) is 4.98 Å². The molecule has 0 atom stereocenters. The number of anilines is 1. The van der Waals surface area contributed by atoms with Crippen LogP contribution in [0.25, 0.3) is 10.9 Å². The number of ether oxygens (including phenoxy) is 1. The van der Waals surface area contributed by atoms with Gasteiger partial charge in [-0.2, -0.15) is 10.2 Å². The molecule has 0 spiro atoms. The number of benzene rings is 1. The second kappa shape index (κ2) is 7.22. The van der Waals surface area contributed by atoms with Crippen molar-refractivity contribution in [2.45, 2.75) is 13.3 Å². The number of fused-ring (bicyclic) bond motifs is 1. The van der Waals surface area contributed by atoms with E-state index in [0.717, 1.165) is 16.5 Å². The van der Waals surface area contributed by atoms with Crippen LogP contribution in [0.4, 0.5) is 5.13 Å². The van der Waals surface area contributed by atoms with Gasteiger partial charge in [0.05, 0.1) is 30.5 Å². The summed E-state index contributed by atoms with van der Waals surface area (Å²) in [6, 6.07) is 5.95. The molecule has 8 heteroatoms. The second-order valence-electron chi connectivity index (χ2n) is 5.12. The van der Waals surface area contributed by atoms with Crippen molar-refractivity contribution in [2.75, 3.05) is 12.0 Å². The lowest BCUT2D eigenvalue weighted by Gasteiger charge is -1.98. The van der Waals surface area contributed by atoms with Gasteiger partial charge in [0.25, 0.3) is 0 Å². The van der Waals surface area contributed by atoms with E-state index in [1.165, 1.54) is 11.3 Å². The van der Waals surface area contributed by atoms with E-state index in [2.05, 4.69) is 20.6 Å². The molecule has 0 bridgehead atoms. The molecule has 0 saturated carbocycles. The number of carbonyl (C=O) groups is 1. The number of hydrazone groups is 1. The smallest absolute Gasteiger partial charge is 0.311 e. The quantitative estimate of drug-likeness (QED) is 0.423. The van der Waals surface area contributed by atoms with Crippen molar-refractivity contribution < 1.29 is 9.53 Å². The molecule has 124 valence electrons. The molecule has 0 unspecified atom stereocenters. The summed E-state index contributed by atoms with van der Waals surface area (Å²) in [7, 11) is 1.89. The van der Waals surface area contributed by atoms with Crippen molar-refractivity contribution in [1.82, 2.24) is 14.8 Å². The van der Waals surface area contributed by atoms with Crippen LogP contribution in [0.2, 0.25) is 0 Å². The van der Waals surface area contributed by atoms with Crippen LogP contribution in [-0.2, 0) is 23.0 Å². The van der Waals surface area contributed by atoms with E-state index in [0.29, 0.717) is 17.4 Å². The van der Waals surface area contributed by atoms with Crippen LogP contribution in [0.1, 0.15) is 18.2 Å². The highest BCUT2D eigenvalue weighted by molar-refractivity contribution is 7.13. The largest absolute Gasteiger partial charge is 0.466 e. The number of aryl methyl sites for hydroxylation is 1. The van der Waals surface area contributed by atoms with Gasteiger partial charge in [-0.3, -0.25) is 14.9 Å². The molecule has 1 aromatic carbocycles. The van der Waals surface area contributed by atoms with Crippen LogP contribution in [0.5, 0.6) is 0 Å². The fraction of sp³-hybridized carbons (Fsp3) is 0.250. The summed E-state index contributed by atoms with van der Waals surface area (Å²) in [5.74, 6) is -0.276. The van der Waals surface area contributed by atoms with Crippen molar-refractivity contribution in [1.29, 1.82) is 0 Å². The number of aromatic nitrogens is 3. The van der Waals surface area contributed by atoms with Gasteiger partial charge in [0.1, 0.15) is 0 Å². The predicted octanol–water partition coefficient (Wildman–Crippen LogP) is 2.58. The Morgan fingerprint density at radius 1 is 1.50 bits per heavy atom. The molecule has 2 aromatic heterocycles. The summed E-state index contributed by atoms with van der Waals surface area (Å²) in [6.45, 7) is 2.15. The Morgan fingerprint density at radius 3 is 3.21 bits per heavy atom. The van der Waals surface area contributed by atoms with Crippen molar-refractivity contribution in [3.8, 4) is 0 Å². The van der Waals surface area contributed by atoms with E-state index in [-0.39, 0.29) is 12.4 Å². The first-order chi connectivity index (χ1) is 11.6. The third kappa shape index (κ3) is 3.96. The number of esters is 1. The number of hydrogen-bond donors (Lipinski definition) is 1. The number of nitrogens with zero attached hydrogens (tertiary/aromatic N) is 4. The highest BCUT2D eigenvalue weighted by Crippen LogP contribution is 2.16. The standard InChI is InChI=1S/C16H17N5O2S/c1-3-23-15(22)7-13-10-24-16(18-13)19-17-8-11-4-5-12-9-21(2)20-14(12)6-11/h4-6,8-10H,3,7H2,1-2H3,(H,18,19). The van der Waals surface area contributed by atoms with Gasteiger partial charge in [0.2, 0.25) is 5.13 Å². The molecule has 24 heavy (non-hydrogen) atoms. The Kier molecular flexibility index (Phi) is 4.85. The molecule has 7 nitrogen and oxygen atoms in total. The Bertz CT molecular complexity index is 884. The van der Waals surface area contributed by atoms with Gasteiger partial charge in [-0.1, -0.05) is 12.1 Å². The summed E-state index contributed by atoms with van der Waals surface area (Å²) < 4.78 is 6.68. The van der Waals surface area contributed by atoms with Gasteiger partial charge in [0.15, 0.2) is 0 Å². The Hall–Kier alpha value is -2.74. The van der Waals surface area contributed by atoms with E-state index >= 15 is 0 Å². The van der Waals surface area contributed by atoms with Gasteiger partial charge < -0.3 is 4.74 Å². The third-order valence-electron chi connectivity index (χ3n) is 3.20. The van der Waals surface area contributed by atoms with Gasteiger partial charge in [0, 0.05) is 24.0 Å². The average molecular weight is 343 g/mol. The molecule has 3 aromatic rings. The van der Waals surface area contributed by atoms with Gasteiger partial charge in [-0.05, 0) is 18.6 Å². The maximum atomic E-state index is 11.4. The van der Waals surface area contributed by atoms with Crippen LogP contribution in [-0.4, -0.2) is 33.6 Å². The summed E-state index contributed by atoms with van der Waals surface area (Å²) in [4.78, 5) is 15.7. The number of thiazole rings is 1. The minimum absolute atomic E-state index is 0.173. The van der Waals surface area contributed by atoms with Crippen LogP contribution in [0.3, 0.4) is 0 Å². The monoisotopic (exact) mass is 343 g/mol. The third-order valence-corrected chi connectivity index (χ3v) is 4.00. The molecule has 0 saturated heterocycles. The van der Waals surface area contributed by atoms with Crippen molar-refractivity contribution in [3.05, 3.63) is 41.0 Å². The average Bonchev–Trinajstić information content (AvgIpc) is 3.12. The van der Waals surface area contributed by atoms with Crippen molar-refractivity contribution in [3.63, 3.8) is 0 Å².